The Labute approximate surface area is 149 Å². The predicted octanol–water partition coefficient (Wildman–Crippen LogP) is 3.53. The van der Waals surface area contributed by atoms with E-state index in [-0.39, 0.29) is 12.5 Å². The van der Waals surface area contributed by atoms with Crippen molar-refractivity contribution in [2.45, 2.75) is 31.7 Å². The maximum atomic E-state index is 12.6. The molecule has 0 saturated carbocycles. The molecule has 1 aliphatic heterocycles. The highest BCUT2D eigenvalue weighted by molar-refractivity contribution is 5.96. The number of nitrogens with one attached hydrogen (secondary N) is 1. The van der Waals surface area contributed by atoms with E-state index in [9.17, 15) is 4.79 Å². The van der Waals surface area contributed by atoms with Crippen LogP contribution < -0.4 is 5.32 Å². The van der Waals surface area contributed by atoms with Gasteiger partial charge in [0.1, 0.15) is 0 Å². The minimum absolute atomic E-state index is 0.0271. The Morgan fingerprint density at radius 3 is 2.68 bits per heavy atom. The van der Waals surface area contributed by atoms with Gasteiger partial charge in [0.15, 0.2) is 0 Å². The number of likely N-dealkylation sites (tertiary alicyclic amines) is 1. The fraction of sp³-hybridized carbons (Fsp3) is 0.381. The molecule has 1 saturated heterocycles. The van der Waals surface area contributed by atoms with Crippen molar-refractivity contribution in [3.05, 3.63) is 54.6 Å². The lowest BCUT2D eigenvalue weighted by molar-refractivity contribution is -0.117. The smallest absolute Gasteiger partial charge is 0.238 e. The molecule has 1 aliphatic rings. The third-order valence-electron chi connectivity index (χ3n) is 4.83. The van der Waals surface area contributed by atoms with E-state index < -0.39 is 0 Å². The quantitative estimate of drug-likeness (QED) is 0.812. The average Bonchev–Trinajstić information content (AvgIpc) is 3.08. The number of para-hydroxylation sites is 1. The summed E-state index contributed by atoms with van der Waals surface area (Å²) >= 11 is 0. The Kier molecular flexibility index (Phi) is 6.20. The van der Waals surface area contributed by atoms with Crippen LogP contribution in [-0.2, 0) is 4.79 Å². The molecule has 1 atom stereocenters. The number of anilines is 1. The molecule has 2 N–H and O–H groups in total. The number of hydrogen-bond acceptors (Lipinski definition) is 3. The third kappa shape index (κ3) is 4.68. The van der Waals surface area contributed by atoms with Crippen molar-refractivity contribution in [1.82, 2.24) is 4.90 Å². The lowest BCUT2D eigenvalue weighted by Crippen LogP contribution is -2.37. The summed E-state index contributed by atoms with van der Waals surface area (Å²) in [5.74, 6) is 0.0271. The van der Waals surface area contributed by atoms with Gasteiger partial charge in [0.05, 0.1) is 6.54 Å². The van der Waals surface area contributed by atoms with Crippen LogP contribution in [0.15, 0.2) is 54.6 Å². The van der Waals surface area contributed by atoms with Gasteiger partial charge in [-0.3, -0.25) is 9.69 Å². The molecule has 1 fully saturated rings. The van der Waals surface area contributed by atoms with Crippen LogP contribution in [-0.4, -0.2) is 41.7 Å². The number of rotatable bonds is 7. The van der Waals surface area contributed by atoms with Gasteiger partial charge in [-0.15, -0.1) is 0 Å². The normalized spacial score (nSPS) is 17.6. The molecule has 1 heterocycles. The Hall–Kier alpha value is -2.17. The zero-order valence-corrected chi connectivity index (χ0v) is 14.5. The minimum Gasteiger partial charge on any atom is -0.396 e. The van der Waals surface area contributed by atoms with E-state index >= 15 is 0 Å². The van der Waals surface area contributed by atoms with E-state index in [1.54, 1.807) is 0 Å². The number of nitrogens with zero attached hydrogens (tertiary/aromatic N) is 1. The fourth-order valence-corrected chi connectivity index (χ4v) is 3.59. The first-order valence-electron chi connectivity index (χ1n) is 9.07. The molecule has 3 rings (SSSR count). The molecule has 0 aliphatic carbocycles. The molecule has 132 valence electrons. The highest BCUT2D eigenvalue weighted by atomic mass is 16.3. The van der Waals surface area contributed by atoms with Crippen molar-refractivity contribution >= 4 is 11.6 Å². The largest absolute Gasteiger partial charge is 0.396 e. The highest BCUT2D eigenvalue weighted by Crippen LogP contribution is 2.28. The van der Waals surface area contributed by atoms with Gasteiger partial charge in [0.2, 0.25) is 5.91 Å². The number of carbonyl (C=O) groups is 1. The standard InChI is InChI=1S/C21H26N2O2/c24-15-7-11-18-10-6-14-23(18)16-21(25)22-20-13-5-4-12-19(20)17-8-2-1-3-9-17/h1-5,8-9,12-13,18,24H,6-7,10-11,14-16H2,(H,22,25). The second-order valence-electron chi connectivity index (χ2n) is 6.59. The van der Waals surface area contributed by atoms with Gasteiger partial charge in [0.25, 0.3) is 0 Å². The summed E-state index contributed by atoms with van der Waals surface area (Å²) in [4.78, 5) is 14.8. The molecule has 0 aromatic heterocycles. The molecule has 4 nitrogen and oxygen atoms in total. The molecule has 1 amide bonds. The molecule has 0 spiro atoms. The van der Waals surface area contributed by atoms with Gasteiger partial charge < -0.3 is 10.4 Å². The maximum absolute atomic E-state index is 12.6. The molecular formula is C21H26N2O2. The fourth-order valence-electron chi connectivity index (χ4n) is 3.59. The Bertz CT molecular complexity index is 687. The summed E-state index contributed by atoms with van der Waals surface area (Å²) < 4.78 is 0. The first-order valence-corrected chi connectivity index (χ1v) is 9.07. The van der Waals surface area contributed by atoms with Crippen LogP contribution in [0, 0.1) is 0 Å². The number of carbonyl (C=O) groups excluding carboxylic acids is 1. The van der Waals surface area contributed by atoms with Crippen LogP contribution in [0.2, 0.25) is 0 Å². The van der Waals surface area contributed by atoms with Crippen LogP contribution in [0.3, 0.4) is 0 Å². The topological polar surface area (TPSA) is 52.6 Å². The van der Waals surface area contributed by atoms with E-state index in [1.165, 1.54) is 0 Å². The third-order valence-corrected chi connectivity index (χ3v) is 4.83. The van der Waals surface area contributed by atoms with Crippen molar-refractivity contribution in [2.24, 2.45) is 0 Å². The molecule has 2 aromatic rings. The van der Waals surface area contributed by atoms with Gasteiger partial charge in [-0.1, -0.05) is 48.5 Å². The summed E-state index contributed by atoms with van der Waals surface area (Å²) in [5, 5.41) is 12.1. The van der Waals surface area contributed by atoms with Crippen molar-refractivity contribution in [2.75, 3.05) is 25.0 Å². The molecule has 0 bridgehead atoms. The average molecular weight is 338 g/mol. The summed E-state index contributed by atoms with van der Waals surface area (Å²) in [7, 11) is 0. The van der Waals surface area contributed by atoms with Gasteiger partial charge in [-0.25, -0.2) is 0 Å². The van der Waals surface area contributed by atoms with Crippen LogP contribution >= 0.6 is 0 Å². The van der Waals surface area contributed by atoms with Crippen LogP contribution in [0.25, 0.3) is 11.1 Å². The van der Waals surface area contributed by atoms with Gasteiger partial charge in [0, 0.05) is 23.9 Å². The summed E-state index contributed by atoms with van der Waals surface area (Å²) in [6, 6.07) is 18.4. The number of aliphatic hydroxyl groups is 1. The van der Waals surface area contributed by atoms with E-state index in [0.29, 0.717) is 12.6 Å². The van der Waals surface area contributed by atoms with Crippen molar-refractivity contribution in [3.63, 3.8) is 0 Å². The molecule has 25 heavy (non-hydrogen) atoms. The van der Waals surface area contributed by atoms with E-state index in [1.807, 2.05) is 42.5 Å². The minimum atomic E-state index is 0.0271. The van der Waals surface area contributed by atoms with Gasteiger partial charge in [-0.05, 0) is 43.9 Å². The molecule has 4 heteroatoms. The van der Waals surface area contributed by atoms with Crippen LogP contribution in [0.5, 0.6) is 0 Å². The summed E-state index contributed by atoms with van der Waals surface area (Å²) in [6.45, 7) is 1.60. The van der Waals surface area contributed by atoms with E-state index in [0.717, 1.165) is 49.0 Å². The Balaban J connectivity index is 1.66. The van der Waals surface area contributed by atoms with Crippen LogP contribution in [0.1, 0.15) is 25.7 Å². The van der Waals surface area contributed by atoms with E-state index in [2.05, 4.69) is 22.3 Å². The number of aliphatic hydroxyl groups excluding tert-OH is 1. The van der Waals surface area contributed by atoms with E-state index in [4.69, 9.17) is 5.11 Å². The monoisotopic (exact) mass is 338 g/mol. The van der Waals surface area contributed by atoms with Crippen molar-refractivity contribution in [1.29, 1.82) is 0 Å². The Morgan fingerprint density at radius 2 is 1.88 bits per heavy atom. The zero-order valence-electron chi connectivity index (χ0n) is 14.5. The lowest BCUT2D eigenvalue weighted by Gasteiger charge is -2.24. The van der Waals surface area contributed by atoms with Gasteiger partial charge in [-0.2, -0.15) is 0 Å². The SMILES string of the molecule is O=C(CN1CCCC1CCCO)Nc1ccccc1-c1ccccc1. The van der Waals surface area contributed by atoms with Crippen molar-refractivity contribution in [3.8, 4) is 11.1 Å². The molecular weight excluding hydrogens is 312 g/mol. The van der Waals surface area contributed by atoms with Crippen LogP contribution in [0.4, 0.5) is 5.69 Å². The second kappa shape index (κ2) is 8.79. The summed E-state index contributed by atoms with van der Waals surface area (Å²) in [6.07, 6.45) is 4.02. The number of benzene rings is 2. The first-order chi connectivity index (χ1) is 12.3. The highest BCUT2D eigenvalue weighted by Gasteiger charge is 2.25. The maximum Gasteiger partial charge on any atom is 0.238 e. The lowest BCUT2D eigenvalue weighted by atomic mass is 10.0. The number of hydrogen-bond donors (Lipinski definition) is 2. The molecule has 2 aromatic carbocycles. The van der Waals surface area contributed by atoms with Crippen molar-refractivity contribution < 1.29 is 9.90 Å². The zero-order chi connectivity index (χ0) is 17.5. The molecule has 0 radical (unpaired) electrons. The van der Waals surface area contributed by atoms with Gasteiger partial charge >= 0.3 is 0 Å². The summed E-state index contributed by atoms with van der Waals surface area (Å²) in [5.41, 5.74) is 2.99. The predicted molar refractivity (Wildman–Crippen MR) is 101 cm³/mol. The first kappa shape index (κ1) is 17.6. The number of amides is 1. The Morgan fingerprint density at radius 1 is 1.12 bits per heavy atom. The molecule has 1 unspecified atom stereocenters. The second-order valence-corrected chi connectivity index (χ2v) is 6.59.